The van der Waals surface area contributed by atoms with Crippen LogP contribution in [0.1, 0.15) is 6.42 Å². The Morgan fingerprint density at radius 1 is 1.89 bits per heavy atom. The molecule has 1 amide bonds. The minimum Gasteiger partial charge on any atom is -0.301 e. The van der Waals surface area contributed by atoms with Gasteiger partial charge >= 0.3 is 0 Å². The highest BCUT2D eigenvalue weighted by atomic mass is 32.2. The van der Waals surface area contributed by atoms with E-state index < -0.39 is 0 Å². The summed E-state index contributed by atoms with van der Waals surface area (Å²) in [6, 6.07) is 0. The van der Waals surface area contributed by atoms with Gasteiger partial charge in [0.15, 0.2) is 0 Å². The van der Waals surface area contributed by atoms with E-state index in [1.54, 1.807) is 4.90 Å². The van der Waals surface area contributed by atoms with Crippen molar-refractivity contribution in [1.82, 2.24) is 9.62 Å². The van der Waals surface area contributed by atoms with Gasteiger partial charge in [0, 0.05) is 11.6 Å². The molecule has 1 atom stereocenters. The van der Waals surface area contributed by atoms with Crippen LogP contribution in [0.4, 0.5) is 0 Å². The third-order valence-corrected chi connectivity index (χ3v) is 2.15. The number of fused-ring (bicyclic) bond motifs is 1. The zero-order valence-electron chi connectivity index (χ0n) is 4.70. The molecule has 1 saturated heterocycles. The highest BCUT2D eigenvalue weighted by Gasteiger charge is 2.35. The first-order chi connectivity index (χ1) is 4.38. The average molecular weight is 142 g/mol. The van der Waals surface area contributed by atoms with E-state index in [0.717, 1.165) is 0 Å². The first-order valence-electron chi connectivity index (χ1n) is 2.77. The Morgan fingerprint density at radius 3 is 3.33 bits per heavy atom. The number of carbonyl (C=O) groups is 1. The smallest absolute Gasteiger partial charge is 0.231 e. The summed E-state index contributed by atoms with van der Waals surface area (Å²) in [6.07, 6.45) is 2.74. The fraction of sp³-hybridized carbons (Fsp3) is 0.400. The normalized spacial score (nSPS) is 31.8. The predicted molar refractivity (Wildman–Crippen MR) is 35.1 cm³/mol. The fourth-order valence-electron chi connectivity index (χ4n) is 0.930. The molecule has 0 aliphatic carbocycles. The molecule has 1 fully saturated rings. The standard InChI is InChI=1S/C5H6N2OS/c8-5-3-4-6-9-2-1-7(4)5/h1-2,4,6H,3H2/t4-/m0/s1. The number of nitrogens with one attached hydrogen (secondary N) is 1. The molecule has 1 N–H and O–H groups in total. The van der Waals surface area contributed by atoms with Gasteiger partial charge in [-0.25, -0.2) is 4.72 Å². The molecule has 9 heavy (non-hydrogen) atoms. The van der Waals surface area contributed by atoms with Crippen LogP contribution in [-0.2, 0) is 4.79 Å². The van der Waals surface area contributed by atoms with E-state index in [2.05, 4.69) is 4.72 Å². The SMILES string of the molecule is O=C1C[C@H]2NSC=CN12. The molecule has 0 aromatic carbocycles. The largest absolute Gasteiger partial charge is 0.301 e. The van der Waals surface area contributed by atoms with Crippen LogP contribution in [0.15, 0.2) is 11.6 Å². The van der Waals surface area contributed by atoms with Crippen molar-refractivity contribution in [3.63, 3.8) is 0 Å². The molecule has 48 valence electrons. The lowest BCUT2D eigenvalue weighted by atomic mass is 10.1. The molecule has 0 aromatic rings. The van der Waals surface area contributed by atoms with Gasteiger partial charge in [0.2, 0.25) is 5.91 Å². The van der Waals surface area contributed by atoms with Crippen molar-refractivity contribution in [3.8, 4) is 0 Å². The van der Waals surface area contributed by atoms with Crippen LogP contribution in [0.5, 0.6) is 0 Å². The number of carbonyl (C=O) groups excluding carboxylic acids is 1. The second-order valence-electron chi connectivity index (χ2n) is 2.04. The Hall–Kier alpha value is -0.480. The summed E-state index contributed by atoms with van der Waals surface area (Å²) in [6.45, 7) is 0. The molecule has 2 aliphatic heterocycles. The Kier molecular flexibility index (Phi) is 1.03. The maximum Gasteiger partial charge on any atom is 0.231 e. The van der Waals surface area contributed by atoms with Crippen molar-refractivity contribution in [1.29, 1.82) is 0 Å². The van der Waals surface area contributed by atoms with Crippen molar-refractivity contribution in [2.45, 2.75) is 12.6 Å². The summed E-state index contributed by atoms with van der Waals surface area (Å²) in [5.74, 6) is 0.212. The monoisotopic (exact) mass is 142 g/mol. The lowest BCUT2D eigenvalue weighted by Gasteiger charge is -2.39. The van der Waals surface area contributed by atoms with Gasteiger partial charge in [-0.15, -0.1) is 0 Å². The van der Waals surface area contributed by atoms with E-state index >= 15 is 0 Å². The van der Waals surface area contributed by atoms with Crippen molar-refractivity contribution in [3.05, 3.63) is 11.6 Å². The zero-order chi connectivity index (χ0) is 6.27. The van der Waals surface area contributed by atoms with Crippen LogP contribution >= 0.6 is 11.9 Å². The summed E-state index contributed by atoms with van der Waals surface area (Å²) in [4.78, 5) is 12.4. The van der Waals surface area contributed by atoms with Crippen LogP contribution in [0.25, 0.3) is 0 Å². The summed E-state index contributed by atoms with van der Waals surface area (Å²) in [5.41, 5.74) is 0. The number of nitrogens with zero attached hydrogens (tertiary/aromatic N) is 1. The van der Waals surface area contributed by atoms with Gasteiger partial charge in [0.25, 0.3) is 0 Å². The molecule has 2 rings (SSSR count). The lowest BCUT2D eigenvalue weighted by molar-refractivity contribution is -0.141. The lowest BCUT2D eigenvalue weighted by Crippen LogP contribution is -2.56. The van der Waals surface area contributed by atoms with E-state index in [9.17, 15) is 4.79 Å². The summed E-state index contributed by atoms with van der Waals surface area (Å²) >= 11 is 1.54. The van der Waals surface area contributed by atoms with Crippen molar-refractivity contribution in [2.24, 2.45) is 0 Å². The highest BCUT2D eigenvalue weighted by molar-refractivity contribution is 8.00. The molecule has 0 aromatic heterocycles. The Balaban J connectivity index is 2.16. The third kappa shape index (κ3) is 0.668. The van der Waals surface area contributed by atoms with E-state index in [-0.39, 0.29) is 12.1 Å². The van der Waals surface area contributed by atoms with Gasteiger partial charge in [-0.05, 0) is 11.9 Å². The fourth-order valence-corrected chi connectivity index (χ4v) is 1.55. The molecule has 3 nitrogen and oxygen atoms in total. The maximum atomic E-state index is 10.7. The second-order valence-corrected chi connectivity index (χ2v) is 2.79. The molecule has 0 saturated carbocycles. The van der Waals surface area contributed by atoms with Gasteiger partial charge in [0.1, 0.15) is 6.17 Å². The first-order valence-corrected chi connectivity index (χ1v) is 3.65. The van der Waals surface area contributed by atoms with Crippen LogP contribution in [0.2, 0.25) is 0 Å². The van der Waals surface area contributed by atoms with Gasteiger partial charge in [-0.2, -0.15) is 0 Å². The third-order valence-electron chi connectivity index (χ3n) is 1.49. The van der Waals surface area contributed by atoms with Crippen molar-refractivity contribution >= 4 is 17.9 Å². The number of β-lactam (4-membered cyclic amide) rings is 1. The number of hydrogen-bond acceptors (Lipinski definition) is 3. The highest BCUT2D eigenvalue weighted by Crippen LogP contribution is 2.23. The Morgan fingerprint density at radius 2 is 2.78 bits per heavy atom. The summed E-state index contributed by atoms with van der Waals surface area (Å²) < 4.78 is 3.08. The van der Waals surface area contributed by atoms with Gasteiger partial charge < -0.3 is 4.90 Å². The predicted octanol–water partition coefficient (Wildman–Crippen LogP) is 0.267. The van der Waals surface area contributed by atoms with E-state index in [1.165, 1.54) is 11.9 Å². The number of rotatable bonds is 0. The molecule has 0 radical (unpaired) electrons. The van der Waals surface area contributed by atoms with Gasteiger partial charge in [-0.3, -0.25) is 4.79 Å². The van der Waals surface area contributed by atoms with Crippen LogP contribution in [0.3, 0.4) is 0 Å². The Labute approximate surface area is 57.2 Å². The second kappa shape index (κ2) is 1.75. The molecule has 0 bridgehead atoms. The molecule has 0 unspecified atom stereocenters. The van der Waals surface area contributed by atoms with Crippen molar-refractivity contribution < 1.29 is 4.79 Å². The molecular weight excluding hydrogens is 136 g/mol. The minimum atomic E-state index is 0.212. The van der Waals surface area contributed by atoms with E-state index in [4.69, 9.17) is 0 Å². The Bertz CT molecular complexity index is 180. The molecular formula is C5H6N2OS. The van der Waals surface area contributed by atoms with E-state index in [0.29, 0.717) is 6.42 Å². The average Bonchev–Trinajstić information content (AvgIpc) is 1.86. The molecule has 2 aliphatic rings. The van der Waals surface area contributed by atoms with E-state index in [1.807, 2.05) is 11.6 Å². The quantitative estimate of drug-likeness (QED) is 0.389. The molecule has 0 spiro atoms. The summed E-state index contributed by atoms with van der Waals surface area (Å²) in [5, 5.41) is 1.87. The van der Waals surface area contributed by atoms with Gasteiger partial charge in [-0.1, -0.05) is 0 Å². The van der Waals surface area contributed by atoms with Gasteiger partial charge in [0.05, 0.1) is 6.42 Å². The first kappa shape index (κ1) is 5.32. The minimum absolute atomic E-state index is 0.212. The van der Waals surface area contributed by atoms with Crippen LogP contribution < -0.4 is 4.72 Å². The van der Waals surface area contributed by atoms with Crippen molar-refractivity contribution in [2.75, 3.05) is 0 Å². The summed E-state index contributed by atoms with van der Waals surface area (Å²) in [7, 11) is 0. The molecule has 2 heterocycles. The molecule has 4 heteroatoms. The maximum absolute atomic E-state index is 10.7. The van der Waals surface area contributed by atoms with Crippen LogP contribution in [0, 0.1) is 0 Å². The van der Waals surface area contributed by atoms with Crippen LogP contribution in [-0.4, -0.2) is 17.0 Å². The topological polar surface area (TPSA) is 32.3 Å². The number of hydrogen-bond donors (Lipinski definition) is 1. The number of amides is 1. The zero-order valence-corrected chi connectivity index (χ0v) is 5.52.